The molecule has 1 aromatic heterocycles. The van der Waals surface area contributed by atoms with Gasteiger partial charge in [0.15, 0.2) is 11.5 Å². The van der Waals surface area contributed by atoms with Crippen LogP contribution in [0.3, 0.4) is 0 Å². The van der Waals surface area contributed by atoms with Gasteiger partial charge in [-0.05, 0) is 51.9 Å². The predicted molar refractivity (Wildman–Crippen MR) is 104 cm³/mol. The van der Waals surface area contributed by atoms with E-state index in [0.29, 0.717) is 24.0 Å². The Morgan fingerprint density at radius 1 is 1.16 bits per heavy atom. The van der Waals surface area contributed by atoms with Gasteiger partial charge in [-0.25, -0.2) is 0 Å². The van der Waals surface area contributed by atoms with Crippen molar-refractivity contribution in [2.45, 2.75) is 6.61 Å². The molecule has 7 heteroatoms. The minimum absolute atomic E-state index is 0.0384. The summed E-state index contributed by atoms with van der Waals surface area (Å²) >= 11 is 2.23. The predicted octanol–water partition coefficient (Wildman–Crippen LogP) is 4.01. The fraction of sp³-hybridized carbons (Fsp3) is 0.111. The molecule has 0 spiro atoms. The highest BCUT2D eigenvalue weighted by atomic mass is 127. The second kappa shape index (κ2) is 8.02. The molecule has 0 bridgehead atoms. The van der Waals surface area contributed by atoms with Crippen LogP contribution >= 0.6 is 22.6 Å². The van der Waals surface area contributed by atoms with Crippen molar-refractivity contribution in [1.29, 1.82) is 0 Å². The van der Waals surface area contributed by atoms with Crippen LogP contribution in [0.1, 0.15) is 17.0 Å². The molecule has 0 aliphatic heterocycles. The normalized spacial score (nSPS) is 11.0. The Morgan fingerprint density at radius 2 is 1.96 bits per heavy atom. The number of nitrogens with two attached hydrogens (primary N) is 1. The van der Waals surface area contributed by atoms with Gasteiger partial charge in [0.25, 0.3) is 0 Å². The summed E-state index contributed by atoms with van der Waals surface area (Å²) in [6.45, 7) is 0.476. The highest BCUT2D eigenvalue weighted by Crippen LogP contribution is 2.35. The van der Waals surface area contributed by atoms with Crippen LogP contribution in [-0.4, -0.2) is 17.3 Å². The van der Waals surface area contributed by atoms with Crippen LogP contribution in [0.2, 0.25) is 0 Å². The molecule has 3 aromatic rings. The lowest BCUT2D eigenvalue weighted by Crippen LogP contribution is -2.00. The van der Waals surface area contributed by atoms with Crippen molar-refractivity contribution in [3.63, 3.8) is 0 Å². The van der Waals surface area contributed by atoms with E-state index in [1.807, 2.05) is 48.5 Å². The Kier molecular flexibility index (Phi) is 5.54. The van der Waals surface area contributed by atoms with Gasteiger partial charge in [0, 0.05) is 6.08 Å². The molecule has 128 valence electrons. The zero-order valence-corrected chi connectivity index (χ0v) is 15.6. The van der Waals surface area contributed by atoms with E-state index in [2.05, 4.69) is 32.8 Å². The monoisotopic (exact) mass is 449 g/mol. The molecule has 0 saturated heterocycles. The molecule has 3 rings (SSSR count). The largest absolute Gasteiger partial charge is 0.493 e. The van der Waals surface area contributed by atoms with E-state index in [4.69, 9.17) is 19.6 Å². The quantitative estimate of drug-likeness (QED) is 0.573. The number of benzene rings is 2. The first kappa shape index (κ1) is 17.3. The molecule has 1 heterocycles. The van der Waals surface area contributed by atoms with E-state index in [9.17, 15) is 0 Å². The molecule has 0 amide bonds. The zero-order valence-electron chi connectivity index (χ0n) is 13.5. The Bertz CT molecular complexity index is 879. The van der Waals surface area contributed by atoms with Gasteiger partial charge in [-0.1, -0.05) is 35.4 Å². The summed E-state index contributed by atoms with van der Waals surface area (Å²) in [5.41, 5.74) is 7.42. The number of aromatic nitrogens is 2. The lowest BCUT2D eigenvalue weighted by atomic mass is 10.2. The van der Waals surface area contributed by atoms with Crippen molar-refractivity contribution >= 4 is 40.8 Å². The van der Waals surface area contributed by atoms with Crippen molar-refractivity contribution in [1.82, 2.24) is 10.2 Å². The summed E-state index contributed by atoms with van der Waals surface area (Å²) in [5, 5.41) is 7.40. The van der Waals surface area contributed by atoms with E-state index in [1.54, 1.807) is 13.2 Å². The number of methoxy groups -OCH3 is 1. The lowest BCUT2D eigenvalue weighted by molar-refractivity contribution is 0.282. The number of hydrogen-bond acceptors (Lipinski definition) is 6. The number of ether oxygens (including phenoxy) is 2. The van der Waals surface area contributed by atoms with Crippen LogP contribution in [0, 0.1) is 3.57 Å². The second-order valence-corrected chi connectivity index (χ2v) is 6.28. The molecule has 0 atom stereocenters. The third kappa shape index (κ3) is 4.50. The maximum atomic E-state index is 5.95. The van der Waals surface area contributed by atoms with Crippen LogP contribution in [0.5, 0.6) is 11.5 Å². The Hall–Kier alpha value is -2.55. The molecular formula is C18H16IN3O3. The van der Waals surface area contributed by atoms with Crippen LogP contribution in [0.25, 0.3) is 12.2 Å². The number of nitrogen functional groups attached to an aromatic ring is 1. The van der Waals surface area contributed by atoms with E-state index < -0.39 is 0 Å². The third-order valence-corrected chi connectivity index (χ3v) is 4.15. The SMILES string of the molecule is COc1cc(/C=C/c2nnc(N)o2)cc(I)c1OCc1ccccc1. The molecular weight excluding hydrogens is 433 g/mol. The molecule has 0 aliphatic rings. The summed E-state index contributed by atoms with van der Waals surface area (Å²) in [4.78, 5) is 0. The highest BCUT2D eigenvalue weighted by molar-refractivity contribution is 14.1. The first-order valence-corrected chi connectivity index (χ1v) is 8.55. The molecule has 25 heavy (non-hydrogen) atoms. The van der Waals surface area contributed by atoms with Gasteiger partial charge in [0.1, 0.15) is 6.61 Å². The Labute approximate surface area is 158 Å². The minimum Gasteiger partial charge on any atom is -0.493 e. The number of nitrogens with zero attached hydrogens (tertiary/aromatic N) is 2. The van der Waals surface area contributed by atoms with Gasteiger partial charge in [-0.3, -0.25) is 0 Å². The van der Waals surface area contributed by atoms with E-state index in [-0.39, 0.29) is 6.01 Å². The minimum atomic E-state index is 0.0384. The summed E-state index contributed by atoms with van der Waals surface area (Å²) in [7, 11) is 1.62. The second-order valence-electron chi connectivity index (χ2n) is 5.12. The average molecular weight is 449 g/mol. The number of halogens is 1. The maximum Gasteiger partial charge on any atom is 0.313 e. The van der Waals surface area contributed by atoms with Crippen molar-refractivity contribution in [2.75, 3.05) is 12.8 Å². The summed E-state index contributed by atoms with van der Waals surface area (Å²) in [6, 6.07) is 13.9. The fourth-order valence-corrected chi connectivity index (χ4v) is 2.97. The molecule has 2 aromatic carbocycles. The molecule has 0 unspecified atom stereocenters. The average Bonchev–Trinajstić information content (AvgIpc) is 3.05. The highest BCUT2D eigenvalue weighted by Gasteiger charge is 2.11. The topological polar surface area (TPSA) is 83.4 Å². The molecule has 0 saturated carbocycles. The van der Waals surface area contributed by atoms with Crippen molar-refractivity contribution < 1.29 is 13.9 Å². The summed E-state index contributed by atoms with van der Waals surface area (Å²) < 4.78 is 17.5. The molecule has 6 nitrogen and oxygen atoms in total. The zero-order chi connectivity index (χ0) is 17.6. The van der Waals surface area contributed by atoms with Crippen molar-refractivity contribution in [3.8, 4) is 11.5 Å². The third-order valence-electron chi connectivity index (χ3n) is 3.35. The van der Waals surface area contributed by atoms with Gasteiger partial charge in [0.2, 0.25) is 5.89 Å². The number of rotatable bonds is 6. The van der Waals surface area contributed by atoms with Crippen molar-refractivity contribution in [2.24, 2.45) is 0 Å². The first-order chi connectivity index (χ1) is 12.2. The number of anilines is 1. The summed E-state index contributed by atoms with van der Waals surface area (Å²) in [5.74, 6) is 1.72. The molecule has 2 N–H and O–H groups in total. The van der Waals surface area contributed by atoms with Crippen molar-refractivity contribution in [3.05, 3.63) is 63.1 Å². The van der Waals surface area contributed by atoms with Crippen LogP contribution in [-0.2, 0) is 6.61 Å². The summed E-state index contributed by atoms with van der Waals surface area (Å²) in [6.07, 6.45) is 3.54. The van der Waals surface area contributed by atoms with Gasteiger partial charge in [-0.2, -0.15) is 0 Å². The van der Waals surface area contributed by atoms with Crippen LogP contribution in [0.4, 0.5) is 6.01 Å². The number of hydrogen-bond donors (Lipinski definition) is 1. The molecule has 0 aliphatic carbocycles. The van der Waals surface area contributed by atoms with E-state index >= 15 is 0 Å². The molecule has 0 radical (unpaired) electrons. The van der Waals surface area contributed by atoms with Gasteiger partial charge in [-0.15, -0.1) is 5.10 Å². The first-order valence-electron chi connectivity index (χ1n) is 7.47. The lowest BCUT2D eigenvalue weighted by Gasteiger charge is -2.13. The molecule has 0 fully saturated rings. The standard InChI is InChI=1S/C18H16IN3O3/c1-23-15-10-13(7-8-16-21-22-18(20)25-16)9-14(19)17(15)24-11-12-5-3-2-4-6-12/h2-10H,11H2,1H3,(H2,20,22)/b8-7+. The maximum absolute atomic E-state index is 5.95. The van der Waals surface area contributed by atoms with Crippen LogP contribution in [0.15, 0.2) is 46.9 Å². The Morgan fingerprint density at radius 3 is 2.64 bits per heavy atom. The van der Waals surface area contributed by atoms with Gasteiger partial charge >= 0.3 is 6.01 Å². The van der Waals surface area contributed by atoms with Crippen LogP contribution < -0.4 is 15.2 Å². The van der Waals surface area contributed by atoms with Gasteiger partial charge < -0.3 is 19.6 Å². The fourth-order valence-electron chi connectivity index (χ4n) is 2.19. The van der Waals surface area contributed by atoms with E-state index in [1.165, 1.54) is 0 Å². The Balaban J connectivity index is 1.79. The van der Waals surface area contributed by atoms with Gasteiger partial charge in [0.05, 0.1) is 10.7 Å². The van der Waals surface area contributed by atoms with E-state index in [0.717, 1.165) is 14.7 Å². The smallest absolute Gasteiger partial charge is 0.313 e.